The van der Waals surface area contributed by atoms with Gasteiger partial charge < -0.3 is 14.8 Å². The third-order valence-corrected chi connectivity index (χ3v) is 3.83. The van der Waals surface area contributed by atoms with Gasteiger partial charge in [0.15, 0.2) is 0 Å². The lowest BCUT2D eigenvalue weighted by atomic mass is 9.85. The average Bonchev–Trinajstić information content (AvgIpc) is 2.57. The lowest BCUT2D eigenvalue weighted by molar-refractivity contribution is -0.156. The average molecular weight is 330 g/mol. The van der Waals surface area contributed by atoms with Crippen LogP contribution in [0.5, 0.6) is 0 Å². The molecule has 0 fully saturated rings. The summed E-state index contributed by atoms with van der Waals surface area (Å²) in [6, 6.07) is 0. The van der Waals surface area contributed by atoms with Gasteiger partial charge in [-0.2, -0.15) is 0 Å². The molecule has 0 aliphatic rings. The Labute approximate surface area is 138 Å². The van der Waals surface area contributed by atoms with Crippen LogP contribution >= 0.6 is 0 Å². The molecule has 0 spiro atoms. The molecule has 1 N–H and O–H groups in total. The van der Waals surface area contributed by atoms with E-state index in [4.69, 9.17) is 9.47 Å². The molecule has 0 atom stereocenters. The number of carbonyl (C=O) groups excluding carboxylic acids is 2. The summed E-state index contributed by atoms with van der Waals surface area (Å²) in [5.74, 6) is -0.197. The lowest BCUT2D eigenvalue weighted by Gasteiger charge is -2.23. The summed E-state index contributed by atoms with van der Waals surface area (Å²) < 4.78 is 10.5. The predicted octanol–water partition coefficient (Wildman–Crippen LogP) is 2.88. The molecule has 7 nitrogen and oxygen atoms in total. The molecule has 0 aromatic heterocycles. The molecule has 0 aliphatic heterocycles. The van der Waals surface area contributed by atoms with Gasteiger partial charge in [0, 0.05) is 6.54 Å². The molecule has 0 aromatic rings. The van der Waals surface area contributed by atoms with E-state index < -0.39 is 11.5 Å². The number of rotatable bonds is 11. The molecular formula is C16H30N2O5. The minimum Gasteiger partial charge on any atom is -0.463 e. The van der Waals surface area contributed by atoms with Crippen molar-refractivity contribution >= 4 is 17.8 Å². The van der Waals surface area contributed by atoms with Crippen molar-refractivity contribution in [3.63, 3.8) is 0 Å². The molecule has 7 heteroatoms. The maximum atomic E-state index is 11.9. The van der Waals surface area contributed by atoms with E-state index in [2.05, 4.69) is 15.3 Å². The molecule has 134 valence electrons. The highest BCUT2D eigenvalue weighted by molar-refractivity contribution is 5.81. The van der Waals surface area contributed by atoms with E-state index >= 15 is 0 Å². The van der Waals surface area contributed by atoms with Crippen LogP contribution < -0.4 is 5.32 Å². The van der Waals surface area contributed by atoms with Crippen molar-refractivity contribution < 1.29 is 23.9 Å². The van der Waals surface area contributed by atoms with E-state index in [9.17, 15) is 9.59 Å². The van der Waals surface area contributed by atoms with Crippen molar-refractivity contribution in [2.75, 3.05) is 26.4 Å². The summed E-state index contributed by atoms with van der Waals surface area (Å²) in [6.07, 6.45) is 1.60. The molecule has 0 saturated carbocycles. The molecule has 0 aromatic carbocycles. The smallest absolute Gasteiger partial charge is 0.433 e. The van der Waals surface area contributed by atoms with Crippen LogP contribution in [0, 0.1) is 5.41 Å². The van der Waals surface area contributed by atoms with Crippen LogP contribution in [-0.2, 0) is 19.1 Å². The Morgan fingerprint density at radius 2 is 1.74 bits per heavy atom. The second-order valence-corrected chi connectivity index (χ2v) is 5.50. The number of nitrogens with one attached hydrogen (secondary N) is 1. The van der Waals surface area contributed by atoms with E-state index in [-0.39, 0.29) is 12.6 Å². The molecule has 0 aliphatic carbocycles. The number of nitrogens with zero attached hydrogens (tertiary/aromatic N) is 1. The highest BCUT2D eigenvalue weighted by atomic mass is 16.7. The van der Waals surface area contributed by atoms with Crippen molar-refractivity contribution in [2.24, 2.45) is 10.6 Å². The van der Waals surface area contributed by atoms with Crippen LogP contribution in [0.1, 0.15) is 53.9 Å². The van der Waals surface area contributed by atoms with Gasteiger partial charge in [0.25, 0.3) is 0 Å². The number of amides is 1. The van der Waals surface area contributed by atoms with E-state index in [0.717, 1.165) is 25.0 Å². The molecule has 1 amide bonds. The van der Waals surface area contributed by atoms with Crippen molar-refractivity contribution in [1.82, 2.24) is 5.32 Å². The fourth-order valence-electron chi connectivity index (χ4n) is 1.45. The summed E-state index contributed by atoms with van der Waals surface area (Å²) >= 11 is 0. The quantitative estimate of drug-likeness (QED) is 0.207. The Hall–Kier alpha value is -1.63. The Morgan fingerprint density at radius 3 is 2.30 bits per heavy atom. The topological polar surface area (TPSA) is 86.2 Å². The molecule has 0 bridgehead atoms. The standard InChI is InChI=1S/C16H30N2O5/c1-6-13(4)18-23-15(20)17-9-10-21-11-12-22-14(19)16(5,7-2)8-3/h6-12H2,1-5H3,(H,17,20)/b18-13-. The van der Waals surface area contributed by atoms with Crippen molar-refractivity contribution in [3.05, 3.63) is 0 Å². The normalized spacial score (nSPS) is 12.0. The third-order valence-electron chi connectivity index (χ3n) is 3.83. The predicted molar refractivity (Wildman–Crippen MR) is 88.4 cm³/mol. The van der Waals surface area contributed by atoms with Crippen LogP contribution in [0.3, 0.4) is 0 Å². The van der Waals surface area contributed by atoms with Crippen molar-refractivity contribution in [1.29, 1.82) is 0 Å². The van der Waals surface area contributed by atoms with Gasteiger partial charge >= 0.3 is 12.1 Å². The fourth-order valence-corrected chi connectivity index (χ4v) is 1.45. The molecule has 0 unspecified atom stereocenters. The van der Waals surface area contributed by atoms with Crippen molar-refractivity contribution in [2.45, 2.75) is 53.9 Å². The molecular weight excluding hydrogens is 300 g/mol. The van der Waals surface area contributed by atoms with Crippen LogP contribution in [0.4, 0.5) is 4.79 Å². The summed E-state index contributed by atoms with van der Waals surface area (Å²) in [5, 5.41) is 6.14. The largest absolute Gasteiger partial charge is 0.463 e. The maximum Gasteiger partial charge on any atom is 0.433 e. The maximum absolute atomic E-state index is 11.9. The Morgan fingerprint density at radius 1 is 1.09 bits per heavy atom. The molecule has 0 saturated heterocycles. The minimum atomic E-state index is -0.616. The zero-order valence-corrected chi connectivity index (χ0v) is 14.9. The van der Waals surface area contributed by atoms with Gasteiger partial charge in [-0.3, -0.25) is 9.63 Å². The Kier molecular flexibility index (Phi) is 11.0. The number of esters is 1. The number of oxime groups is 1. The van der Waals surface area contributed by atoms with Crippen molar-refractivity contribution in [3.8, 4) is 0 Å². The first-order valence-corrected chi connectivity index (χ1v) is 8.12. The van der Waals surface area contributed by atoms with E-state index in [1.807, 2.05) is 27.7 Å². The number of hydrogen-bond acceptors (Lipinski definition) is 6. The van der Waals surface area contributed by atoms with E-state index in [1.54, 1.807) is 6.92 Å². The summed E-state index contributed by atoms with van der Waals surface area (Å²) in [5.41, 5.74) is 0.312. The van der Waals surface area contributed by atoms with Crippen LogP contribution in [-0.4, -0.2) is 44.1 Å². The first-order valence-electron chi connectivity index (χ1n) is 8.12. The Bertz CT molecular complexity index is 392. The van der Waals surface area contributed by atoms with Gasteiger partial charge in [-0.1, -0.05) is 25.9 Å². The fraction of sp³-hybridized carbons (Fsp3) is 0.812. The van der Waals surface area contributed by atoms with E-state index in [1.165, 1.54) is 0 Å². The number of ether oxygens (including phenoxy) is 2. The van der Waals surface area contributed by atoms with Gasteiger partial charge in [-0.15, -0.1) is 0 Å². The van der Waals surface area contributed by atoms with Crippen LogP contribution in [0.2, 0.25) is 0 Å². The highest BCUT2D eigenvalue weighted by Gasteiger charge is 2.30. The SMILES string of the molecule is CC/C(C)=N\OC(=O)NCCOCCOC(=O)C(C)(CC)CC. The van der Waals surface area contributed by atoms with Gasteiger partial charge in [0.2, 0.25) is 0 Å². The first-order chi connectivity index (χ1) is 10.9. The monoisotopic (exact) mass is 330 g/mol. The second-order valence-electron chi connectivity index (χ2n) is 5.50. The summed E-state index contributed by atoms with van der Waals surface area (Å²) in [6.45, 7) is 10.6. The minimum absolute atomic E-state index is 0.197. The lowest BCUT2D eigenvalue weighted by Crippen LogP contribution is -2.30. The van der Waals surface area contributed by atoms with Gasteiger partial charge in [0.05, 0.1) is 24.3 Å². The molecule has 0 rings (SSSR count). The molecule has 23 heavy (non-hydrogen) atoms. The summed E-state index contributed by atoms with van der Waals surface area (Å²) in [7, 11) is 0. The van der Waals surface area contributed by atoms with E-state index in [0.29, 0.717) is 19.8 Å². The van der Waals surface area contributed by atoms with Crippen LogP contribution in [0.15, 0.2) is 5.16 Å². The van der Waals surface area contributed by atoms with Gasteiger partial charge in [0.1, 0.15) is 6.61 Å². The number of hydrogen-bond donors (Lipinski definition) is 1. The van der Waals surface area contributed by atoms with Gasteiger partial charge in [-0.05, 0) is 33.1 Å². The highest BCUT2D eigenvalue weighted by Crippen LogP contribution is 2.26. The first kappa shape index (κ1) is 21.4. The third kappa shape index (κ3) is 9.18. The number of carbonyl (C=O) groups is 2. The van der Waals surface area contributed by atoms with Gasteiger partial charge in [-0.25, -0.2) is 4.79 Å². The molecule has 0 heterocycles. The molecule has 0 radical (unpaired) electrons. The summed E-state index contributed by atoms with van der Waals surface area (Å²) in [4.78, 5) is 27.8. The Balaban J connectivity index is 3.67. The second kappa shape index (κ2) is 11.9. The van der Waals surface area contributed by atoms with Crippen LogP contribution in [0.25, 0.3) is 0 Å². The zero-order valence-electron chi connectivity index (χ0n) is 14.9. The zero-order chi connectivity index (χ0) is 17.7.